The average Bonchev–Trinajstić information content (AvgIpc) is 2.55. The molecule has 0 atom stereocenters. The molecule has 2 N–H and O–H groups in total. The fraction of sp³-hybridized carbons (Fsp3) is 0.933. The van der Waals surface area contributed by atoms with E-state index >= 15 is 0 Å². The Balaban J connectivity index is 3.71. The van der Waals surface area contributed by atoms with E-state index in [4.69, 9.17) is 4.74 Å². The molecule has 0 spiro atoms. The van der Waals surface area contributed by atoms with Gasteiger partial charge in [-0.2, -0.15) is 0 Å². The molecule has 0 radical (unpaired) electrons. The van der Waals surface area contributed by atoms with E-state index in [-0.39, 0.29) is 5.75 Å². The molecule has 0 fully saturated rings. The number of sulfonamides is 1. The first-order valence-electron chi connectivity index (χ1n) is 8.44. The van der Waals surface area contributed by atoms with Gasteiger partial charge in [0.25, 0.3) is 0 Å². The van der Waals surface area contributed by atoms with E-state index in [0.29, 0.717) is 13.1 Å². The lowest BCUT2D eigenvalue weighted by molar-refractivity contribution is 0.129. The summed E-state index contributed by atoms with van der Waals surface area (Å²) in [4.78, 5) is 4.14. The van der Waals surface area contributed by atoms with E-state index in [1.54, 1.807) is 21.0 Å². The SMILES string of the molecule is CCCCOCCCNC(=NC)NCCCN(C)S(=O)(=O)CC. The van der Waals surface area contributed by atoms with E-state index in [0.717, 1.165) is 51.4 Å². The monoisotopic (exact) mass is 350 g/mol. The molecule has 0 amide bonds. The predicted molar refractivity (Wildman–Crippen MR) is 96.4 cm³/mol. The Kier molecular flexibility index (Phi) is 13.1. The van der Waals surface area contributed by atoms with Crippen LogP contribution >= 0.6 is 0 Å². The number of hydrogen-bond donors (Lipinski definition) is 2. The van der Waals surface area contributed by atoms with Gasteiger partial charge < -0.3 is 15.4 Å². The van der Waals surface area contributed by atoms with Gasteiger partial charge in [0.2, 0.25) is 10.0 Å². The average molecular weight is 351 g/mol. The normalized spacial score (nSPS) is 12.7. The van der Waals surface area contributed by atoms with Crippen LogP contribution in [0.15, 0.2) is 4.99 Å². The zero-order valence-electron chi connectivity index (χ0n) is 15.1. The highest BCUT2D eigenvalue weighted by Crippen LogP contribution is 1.98. The minimum Gasteiger partial charge on any atom is -0.381 e. The number of nitrogens with zero attached hydrogens (tertiary/aromatic N) is 2. The highest BCUT2D eigenvalue weighted by atomic mass is 32.2. The van der Waals surface area contributed by atoms with Crippen molar-refractivity contribution in [2.45, 2.75) is 39.5 Å². The Hall–Kier alpha value is -0.860. The third-order valence-electron chi connectivity index (χ3n) is 3.41. The van der Waals surface area contributed by atoms with Crippen LogP contribution in [0.1, 0.15) is 39.5 Å². The van der Waals surface area contributed by atoms with Crippen molar-refractivity contribution in [3.63, 3.8) is 0 Å². The van der Waals surface area contributed by atoms with Crippen LogP contribution in [-0.4, -0.2) is 71.4 Å². The van der Waals surface area contributed by atoms with Crippen LogP contribution < -0.4 is 10.6 Å². The van der Waals surface area contributed by atoms with Crippen LogP contribution in [0.25, 0.3) is 0 Å². The summed E-state index contributed by atoms with van der Waals surface area (Å²) in [6.07, 6.45) is 3.93. The van der Waals surface area contributed by atoms with Crippen LogP contribution in [0, 0.1) is 0 Å². The summed E-state index contributed by atoms with van der Waals surface area (Å²) in [5, 5.41) is 6.40. The molecule has 0 heterocycles. The summed E-state index contributed by atoms with van der Waals surface area (Å²) in [5.41, 5.74) is 0. The van der Waals surface area contributed by atoms with Gasteiger partial charge in [-0.25, -0.2) is 12.7 Å². The topological polar surface area (TPSA) is 83.0 Å². The van der Waals surface area contributed by atoms with Gasteiger partial charge in [0.05, 0.1) is 5.75 Å². The van der Waals surface area contributed by atoms with Crippen LogP contribution in [0.4, 0.5) is 0 Å². The van der Waals surface area contributed by atoms with Crippen molar-refractivity contribution >= 4 is 16.0 Å². The minimum atomic E-state index is -3.09. The summed E-state index contributed by atoms with van der Waals surface area (Å²) in [6, 6.07) is 0. The summed E-state index contributed by atoms with van der Waals surface area (Å²) in [5.74, 6) is 0.875. The van der Waals surface area contributed by atoms with E-state index in [9.17, 15) is 8.42 Å². The number of aliphatic imine (C=N–C) groups is 1. The predicted octanol–water partition coefficient (Wildman–Crippen LogP) is 1.03. The van der Waals surface area contributed by atoms with E-state index < -0.39 is 10.0 Å². The Morgan fingerprint density at radius 3 is 2.26 bits per heavy atom. The van der Waals surface area contributed by atoms with Gasteiger partial charge in [-0.15, -0.1) is 0 Å². The third-order valence-corrected chi connectivity index (χ3v) is 5.27. The second-order valence-corrected chi connectivity index (χ2v) is 7.69. The standard InChI is InChI=1S/C15H34N4O3S/c1-5-7-13-22-14-9-11-18-15(16-3)17-10-8-12-19(4)23(20,21)6-2/h5-14H2,1-4H3,(H2,16,17,18). The van der Waals surface area contributed by atoms with Crippen molar-refractivity contribution in [2.24, 2.45) is 4.99 Å². The number of hydrogen-bond acceptors (Lipinski definition) is 4. The van der Waals surface area contributed by atoms with E-state index in [1.807, 2.05) is 0 Å². The first kappa shape index (κ1) is 22.1. The largest absolute Gasteiger partial charge is 0.381 e. The van der Waals surface area contributed by atoms with Gasteiger partial charge >= 0.3 is 0 Å². The number of ether oxygens (including phenoxy) is 1. The highest BCUT2D eigenvalue weighted by Gasteiger charge is 2.13. The molecule has 0 aromatic heterocycles. The van der Waals surface area contributed by atoms with E-state index in [1.165, 1.54) is 4.31 Å². The molecule has 0 aromatic rings. The van der Waals surface area contributed by atoms with Crippen LogP contribution in [0.3, 0.4) is 0 Å². The lowest BCUT2D eigenvalue weighted by Crippen LogP contribution is -2.39. The second-order valence-electron chi connectivity index (χ2n) is 5.32. The Morgan fingerprint density at radius 1 is 1.09 bits per heavy atom. The smallest absolute Gasteiger partial charge is 0.213 e. The highest BCUT2D eigenvalue weighted by molar-refractivity contribution is 7.89. The molecule has 0 saturated carbocycles. The number of unbranched alkanes of at least 4 members (excludes halogenated alkanes) is 1. The molecule has 8 heteroatoms. The summed E-state index contributed by atoms with van der Waals surface area (Å²) < 4.78 is 30.1. The fourth-order valence-electron chi connectivity index (χ4n) is 1.82. The van der Waals surface area contributed by atoms with Crippen LogP contribution in [-0.2, 0) is 14.8 Å². The molecule has 0 aromatic carbocycles. The number of guanidine groups is 1. The lowest BCUT2D eigenvalue weighted by atomic mass is 10.4. The molecule has 138 valence electrons. The zero-order chi connectivity index (χ0) is 17.6. The van der Waals surface area contributed by atoms with Crippen molar-refractivity contribution in [2.75, 3.05) is 52.7 Å². The molecular formula is C15H34N4O3S. The molecule has 0 aliphatic carbocycles. The minimum absolute atomic E-state index is 0.139. The van der Waals surface area contributed by atoms with Crippen molar-refractivity contribution in [1.82, 2.24) is 14.9 Å². The Labute approximate surface area is 141 Å². The van der Waals surface area contributed by atoms with Crippen molar-refractivity contribution < 1.29 is 13.2 Å². The molecule has 23 heavy (non-hydrogen) atoms. The van der Waals surface area contributed by atoms with Gasteiger partial charge in [0.1, 0.15) is 0 Å². The third kappa shape index (κ3) is 11.3. The van der Waals surface area contributed by atoms with Gasteiger partial charge in [-0.3, -0.25) is 4.99 Å². The number of rotatable bonds is 13. The van der Waals surface area contributed by atoms with Crippen LogP contribution in [0.2, 0.25) is 0 Å². The van der Waals surface area contributed by atoms with Gasteiger partial charge in [-0.05, 0) is 26.2 Å². The lowest BCUT2D eigenvalue weighted by Gasteiger charge is -2.16. The first-order chi connectivity index (χ1) is 11.0. The molecule has 0 aliphatic rings. The van der Waals surface area contributed by atoms with Gasteiger partial charge in [-0.1, -0.05) is 13.3 Å². The molecule has 0 saturated heterocycles. The van der Waals surface area contributed by atoms with Gasteiger partial charge in [0, 0.05) is 46.9 Å². The zero-order valence-corrected chi connectivity index (χ0v) is 15.9. The van der Waals surface area contributed by atoms with Crippen molar-refractivity contribution in [3.05, 3.63) is 0 Å². The quantitative estimate of drug-likeness (QED) is 0.294. The van der Waals surface area contributed by atoms with Gasteiger partial charge in [0.15, 0.2) is 5.96 Å². The summed E-state index contributed by atoms with van der Waals surface area (Å²) in [6.45, 7) is 7.37. The Bertz CT molecular complexity index is 413. The number of nitrogens with one attached hydrogen (secondary N) is 2. The second kappa shape index (κ2) is 13.6. The Morgan fingerprint density at radius 2 is 1.70 bits per heavy atom. The maximum atomic E-state index is 11.6. The van der Waals surface area contributed by atoms with E-state index in [2.05, 4.69) is 22.5 Å². The molecule has 0 aliphatic heterocycles. The fourth-order valence-corrected chi connectivity index (χ4v) is 2.67. The maximum absolute atomic E-state index is 11.6. The van der Waals surface area contributed by atoms with Crippen LogP contribution in [0.5, 0.6) is 0 Å². The first-order valence-corrected chi connectivity index (χ1v) is 10.0. The summed E-state index contributed by atoms with van der Waals surface area (Å²) in [7, 11) is 0.252. The summed E-state index contributed by atoms with van der Waals surface area (Å²) >= 11 is 0. The van der Waals surface area contributed by atoms with Crippen molar-refractivity contribution in [3.8, 4) is 0 Å². The maximum Gasteiger partial charge on any atom is 0.213 e. The molecule has 0 unspecified atom stereocenters. The molecular weight excluding hydrogens is 316 g/mol. The molecule has 0 bridgehead atoms. The van der Waals surface area contributed by atoms with Crippen molar-refractivity contribution in [1.29, 1.82) is 0 Å². The molecule has 0 rings (SSSR count). The molecule has 7 nitrogen and oxygen atoms in total.